The maximum atomic E-state index is 12.1. The molecule has 1 aliphatic heterocycles. The van der Waals surface area contributed by atoms with E-state index < -0.39 is 0 Å². The second-order valence-corrected chi connectivity index (χ2v) is 8.88. The number of thioether (sulfide) groups is 1. The number of hydrogen-bond acceptors (Lipinski definition) is 5. The minimum absolute atomic E-state index is 0.0937. The van der Waals surface area contributed by atoms with E-state index in [9.17, 15) is 4.79 Å². The molecular formula is C18H25N3OS2. The molecule has 1 fully saturated rings. The molecule has 0 spiro atoms. The lowest BCUT2D eigenvalue weighted by molar-refractivity contribution is -0.118. The Labute approximate surface area is 152 Å². The van der Waals surface area contributed by atoms with Crippen LogP contribution in [0.25, 0.3) is 10.2 Å². The molecular weight excluding hydrogens is 338 g/mol. The SMILES string of the molecule is CC1CCCN(C(C)CNC(=O)CSc2nc3ccccc3s2)C1. The minimum atomic E-state index is 0.0937. The van der Waals surface area contributed by atoms with Gasteiger partial charge in [0.25, 0.3) is 0 Å². The smallest absolute Gasteiger partial charge is 0.230 e. The molecule has 24 heavy (non-hydrogen) atoms. The molecule has 0 radical (unpaired) electrons. The Bertz CT molecular complexity index is 655. The van der Waals surface area contributed by atoms with E-state index in [1.165, 1.54) is 29.3 Å². The first kappa shape index (κ1) is 17.7. The van der Waals surface area contributed by atoms with E-state index in [1.54, 1.807) is 11.3 Å². The predicted molar refractivity (Wildman–Crippen MR) is 103 cm³/mol. The first-order valence-electron chi connectivity index (χ1n) is 8.61. The molecule has 0 bridgehead atoms. The van der Waals surface area contributed by atoms with Crippen LogP contribution in [0.3, 0.4) is 0 Å². The molecule has 6 heteroatoms. The van der Waals surface area contributed by atoms with Gasteiger partial charge >= 0.3 is 0 Å². The summed E-state index contributed by atoms with van der Waals surface area (Å²) >= 11 is 3.17. The van der Waals surface area contributed by atoms with Crippen LogP contribution < -0.4 is 5.32 Å². The molecule has 2 aromatic rings. The van der Waals surface area contributed by atoms with E-state index in [2.05, 4.69) is 35.1 Å². The summed E-state index contributed by atoms with van der Waals surface area (Å²) in [4.78, 5) is 19.2. The Morgan fingerprint density at radius 2 is 2.33 bits per heavy atom. The molecule has 2 atom stereocenters. The van der Waals surface area contributed by atoms with E-state index in [0.717, 1.165) is 35.4 Å². The Balaban J connectivity index is 1.42. The van der Waals surface area contributed by atoms with Crippen LogP contribution in [0.1, 0.15) is 26.7 Å². The molecule has 1 saturated heterocycles. The van der Waals surface area contributed by atoms with Crippen molar-refractivity contribution in [3.63, 3.8) is 0 Å². The summed E-state index contributed by atoms with van der Waals surface area (Å²) < 4.78 is 2.14. The summed E-state index contributed by atoms with van der Waals surface area (Å²) in [5.74, 6) is 1.30. The van der Waals surface area contributed by atoms with Gasteiger partial charge in [-0.3, -0.25) is 9.69 Å². The largest absolute Gasteiger partial charge is 0.354 e. The predicted octanol–water partition coefficient (Wildman–Crippen LogP) is 3.63. The topological polar surface area (TPSA) is 45.2 Å². The average Bonchev–Trinajstić information content (AvgIpc) is 3.00. The van der Waals surface area contributed by atoms with Crippen LogP contribution in [-0.4, -0.2) is 47.2 Å². The molecule has 2 unspecified atom stereocenters. The highest BCUT2D eigenvalue weighted by Crippen LogP contribution is 2.29. The number of likely N-dealkylation sites (tertiary alicyclic amines) is 1. The molecule has 4 nitrogen and oxygen atoms in total. The normalized spacial score (nSPS) is 20.2. The third-order valence-corrected chi connectivity index (χ3v) is 6.69. The van der Waals surface area contributed by atoms with Gasteiger partial charge < -0.3 is 5.32 Å². The zero-order valence-electron chi connectivity index (χ0n) is 14.3. The summed E-state index contributed by atoms with van der Waals surface area (Å²) in [7, 11) is 0. The van der Waals surface area contributed by atoms with Gasteiger partial charge in [0.2, 0.25) is 5.91 Å². The quantitative estimate of drug-likeness (QED) is 0.796. The van der Waals surface area contributed by atoms with Crippen molar-refractivity contribution in [2.24, 2.45) is 5.92 Å². The molecule has 1 aromatic heterocycles. The van der Waals surface area contributed by atoms with Crippen LogP contribution in [0.4, 0.5) is 0 Å². The minimum Gasteiger partial charge on any atom is -0.354 e. The van der Waals surface area contributed by atoms with Gasteiger partial charge in [-0.25, -0.2) is 4.98 Å². The summed E-state index contributed by atoms with van der Waals surface area (Å²) in [5, 5.41) is 3.07. The van der Waals surface area contributed by atoms with E-state index >= 15 is 0 Å². The third kappa shape index (κ3) is 4.71. The van der Waals surface area contributed by atoms with Crippen molar-refractivity contribution in [2.45, 2.75) is 37.1 Å². The Morgan fingerprint density at radius 3 is 3.12 bits per heavy atom. The summed E-state index contributed by atoms with van der Waals surface area (Å²) in [5.41, 5.74) is 1.01. The van der Waals surface area contributed by atoms with Crippen LogP contribution in [0, 0.1) is 5.92 Å². The molecule has 3 rings (SSSR count). The van der Waals surface area contributed by atoms with Crippen LogP contribution >= 0.6 is 23.1 Å². The number of fused-ring (bicyclic) bond motifs is 1. The van der Waals surface area contributed by atoms with Gasteiger partial charge in [-0.1, -0.05) is 30.8 Å². The van der Waals surface area contributed by atoms with Crippen molar-refractivity contribution in [3.05, 3.63) is 24.3 Å². The van der Waals surface area contributed by atoms with Crippen molar-refractivity contribution in [2.75, 3.05) is 25.4 Å². The summed E-state index contributed by atoms with van der Waals surface area (Å²) in [6.07, 6.45) is 2.60. The zero-order chi connectivity index (χ0) is 16.9. The maximum absolute atomic E-state index is 12.1. The lowest BCUT2D eigenvalue weighted by Gasteiger charge is -2.35. The van der Waals surface area contributed by atoms with E-state index in [0.29, 0.717) is 11.8 Å². The third-order valence-electron chi connectivity index (χ3n) is 4.51. The van der Waals surface area contributed by atoms with Crippen LogP contribution in [0.15, 0.2) is 28.6 Å². The van der Waals surface area contributed by atoms with Crippen molar-refractivity contribution in [1.29, 1.82) is 0 Å². The van der Waals surface area contributed by atoms with Gasteiger partial charge in [0.1, 0.15) is 0 Å². The van der Waals surface area contributed by atoms with Gasteiger partial charge in [-0.2, -0.15) is 0 Å². The molecule has 130 valence electrons. The van der Waals surface area contributed by atoms with Gasteiger partial charge in [0.05, 0.1) is 16.0 Å². The average molecular weight is 364 g/mol. The van der Waals surface area contributed by atoms with E-state index in [1.807, 2.05) is 18.2 Å². The number of nitrogens with zero attached hydrogens (tertiary/aromatic N) is 2. The number of rotatable bonds is 6. The van der Waals surface area contributed by atoms with Crippen molar-refractivity contribution in [3.8, 4) is 0 Å². The monoisotopic (exact) mass is 363 g/mol. The van der Waals surface area contributed by atoms with Crippen LogP contribution in [-0.2, 0) is 4.79 Å². The van der Waals surface area contributed by atoms with Gasteiger partial charge in [0.15, 0.2) is 4.34 Å². The summed E-state index contributed by atoms with van der Waals surface area (Å²) in [6.45, 7) is 7.55. The highest BCUT2D eigenvalue weighted by Gasteiger charge is 2.21. The van der Waals surface area contributed by atoms with Gasteiger partial charge in [-0.15, -0.1) is 11.3 Å². The molecule has 2 heterocycles. The number of benzene rings is 1. The lowest BCUT2D eigenvalue weighted by atomic mass is 9.99. The summed E-state index contributed by atoms with van der Waals surface area (Å²) in [6, 6.07) is 8.50. The van der Waals surface area contributed by atoms with Crippen LogP contribution in [0.5, 0.6) is 0 Å². The fourth-order valence-electron chi connectivity index (χ4n) is 3.11. The molecule has 0 saturated carbocycles. The Kier molecular flexibility index (Phi) is 6.14. The lowest BCUT2D eigenvalue weighted by Crippen LogP contribution is -2.46. The fourth-order valence-corrected chi connectivity index (χ4v) is 5.01. The van der Waals surface area contributed by atoms with Gasteiger partial charge in [0, 0.05) is 19.1 Å². The number of carbonyl (C=O) groups excluding carboxylic acids is 1. The standard InChI is InChI=1S/C18H25N3OS2/c1-13-6-5-9-21(11-13)14(2)10-19-17(22)12-23-18-20-15-7-3-4-8-16(15)24-18/h3-4,7-8,13-14H,5-6,9-12H2,1-2H3,(H,19,22). The number of thiazole rings is 1. The van der Waals surface area contributed by atoms with Crippen molar-refractivity contribution in [1.82, 2.24) is 15.2 Å². The maximum Gasteiger partial charge on any atom is 0.230 e. The van der Waals surface area contributed by atoms with E-state index in [4.69, 9.17) is 0 Å². The second-order valence-electron chi connectivity index (χ2n) is 6.63. The highest BCUT2D eigenvalue weighted by atomic mass is 32.2. The molecule has 1 aliphatic rings. The number of aromatic nitrogens is 1. The molecule has 1 aromatic carbocycles. The number of hydrogen-bond donors (Lipinski definition) is 1. The highest BCUT2D eigenvalue weighted by molar-refractivity contribution is 8.01. The van der Waals surface area contributed by atoms with Gasteiger partial charge in [-0.05, 0) is 44.4 Å². The number of carbonyl (C=O) groups is 1. The molecule has 1 N–H and O–H groups in total. The molecule has 1 amide bonds. The number of piperidine rings is 1. The van der Waals surface area contributed by atoms with E-state index in [-0.39, 0.29) is 5.91 Å². The van der Waals surface area contributed by atoms with Crippen molar-refractivity contribution >= 4 is 39.2 Å². The first-order chi connectivity index (χ1) is 11.6. The van der Waals surface area contributed by atoms with Crippen LogP contribution in [0.2, 0.25) is 0 Å². The second kappa shape index (κ2) is 8.32. The Hall–Kier alpha value is -1.11. The number of para-hydroxylation sites is 1. The van der Waals surface area contributed by atoms with Crippen molar-refractivity contribution < 1.29 is 4.79 Å². The Morgan fingerprint density at radius 1 is 1.50 bits per heavy atom. The zero-order valence-corrected chi connectivity index (χ0v) is 16.0. The number of nitrogens with one attached hydrogen (secondary N) is 1. The fraction of sp³-hybridized carbons (Fsp3) is 0.556. The number of amides is 1. The molecule has 0 aliphatic carbocycles. The first-order valence-corrected chi connectivity index (χ1v) is 10.4.